The first-order chi connectivity index (χ1) is 11.5. The van der Waals surface area contributed by atoms with Gasteiger partial charge in [-0.05, 0) is 62.7 Å². The number of nitrogens with two attached hydrogens (primary N) is 1. The molecule has 3 N–H and O–H groups in total. The molecule has 0 aliphatic rings. The van der Waals surface area contributed by atoms with Gasteiger partial charge in [0.2, 0.25) is 0 Å². The smallest absolute Gasteiger partial charge is 0.193 e. The van der Waals surface area contributed by atoms with E-state index < -0.39 is 0 Å². The van der Waals surface area contributed by atoms with Crippen molar-refractivity contribution in [2.45, 2.75) is 26.8 Å². The first kappa shape index (κ1) is 21.4. The van der Waals surface area contributed by atoms with Crippen LogP contribution in [0.1, 0.15) is 23.1 Å². The first-order valence-corrected chi connectivity index (χ1v) is 8.41. The van der Waals surface area contributed by atoms with E-state index >= 15 is 0 Å². The molecule has 0 fully saturated rings. The molecule has 0 aliphatic carbocycles. The van der Waals surface area contributed by atoms with E-state index in [4.69, 9.17) is 5.73 Å². The second kappa shape index (κ2) is 11.1. The van der Waals surface area contributed by atoms with Crippen LogP contribution < -0.4 is 11.1 Å². The van der Waals surface area contributed by atoms with Crippen LogP contribution in [0.2, 0.25) is 0 Å². The van der Waals surface area contributed by atoms with E-state index in [1.165, 1.54) is 16.7 Å². The quantitative estimate of drug-likeness (QED) is 0.287. The maximum atomic E-state index is 5.96. The van der Waals surface area contributed by atoms with E-state index in [0.29, 0.717) is 5.96 Å². The Kier molecular flexibility index (Phi) is 9.52. The van der Waals surface area contributed by atoms with Crippen LogP contribution in [0.25, 0.3) is 0 Å². The van der Waals surface area contributed by atoms with Crippen LogP contribution in [0.15, 0.2) is 53.5 Å². The molecule has 2 rings (SSSR count). The monoisotopic (exact) mass is 452 g/mol. The van der Waals surface area contributed by atoms with Crippen LogP contribution in [0.5, 0.6) is 0 Å². The van der Waals surface area contributed by atoms with Gasteiger partial charge in [0.05, 0.1) is 0 Å². The molecule has 2 aromatic carbocycles. The second-order valence-corrected chi connectivity index (χ2v) is 6.27. The van der Waals surface area contributed by atoms with Gasteiger partial charge in [0, 0.05) is 18.8 Å². The fourth-order valence-electron chi connectivity index (χ4n) is 2.52. The summed E-state index contributed by atoms with van der Waals surface area (Å²) in [6.45, 7) is 6.87. The Morgan fingerprint density at radius 1 is 1.08 bits per heavy atom. The lowest BCUT2D eigenvalue weighted by molar-refractivity contribution is 0.324. The maximum absolute atomic E-state index is 5.96. The molecule has 2 aromatic rings. The lowest BCUT2D eigenvalue weighted by Gasteiger charge is -2.16. The zero-order chi connectivity index (χ0) is 17.4. The number of nitrogens with one attached hydrogen (secondary N) is 1. The van der Waals surface area contributed by atoms with Gasteiger partial charge in [-0.2, -0.15) is 0 Å². The van der Waals surface area contributed by atoms with Gasteiger partial charge in [0.15, 0.2) is 5.96 Å². The van der Waals surface area contributed by atoms with Gasteiger partial charge in [-0.15, -0.1) is 24.0 Å². The SMILES string of the molecule is Cc1ccc(NC(N)=NCCCN(C)Cc2ccccc2)cc1C.I. The molecule has 0 aliphatic heterocycles. The molecule has 0 bridgehead atoms. The van der Waals surface area contributed by atoms with Crippen molar-refractivity contribution in [3.63, 3.8) is 0 Å². The van der Waals surface area contributed by atoms with Crippen LogP contribution in [0, 0.1) is 13.8 Å². The highest BCUT2D eigenvalue weighted by atomic mass is 127. The third-order valence-electron chi connectivity index (χ3n) is 4.05. The van der Waals surface area contributed by atoms with Crippen LogP contribution in [0.4, 0.5) is 5.69 Å². The molecule has 0 saturated heterocycles. The topological polar surface area (TPSA) is 53.6 Å². The van der Waals surface area contributed by atoms with Crippen LogP contribution >= 0.6 is 24.0 Å². The van der Waals surface area contributed by atoms with Gasteiger partial charge in [-0.25, -0.2) is 0 Å². The Morgan fingerprint density at radius 2 is 1.80 bits per heavy atom. The molecule has 4 nitrogen and oxygen atoms in total. The minimum Gasteiger partial charge on any atom is -0.370 e. The summed E-state index contributed by atoms with van der Waals surface area (Å²) >= 11 is 0. The lowest BCUT2D eigenvalue weighted by Crippen LogP contribution is -2.24. The Labute approximate surface area is 168 Å². The third-order valence-corrected chi connectivity index (χ3v) is 4.05. The molecule has 0 aromatic heterocycles. The predicted molar refractivity (Wildman–Crippen MR) is 119 cm³/mol. The zero-order valence-corrected chi connectivity index (χ0v) is 17.7. The fraction of sp³-hybridized carbons (Fsp3) is 0.350. The second-order valence-electron chi connectivity index (χ2n) is 6.27. The van der Waals surface area contributed by atoms with E-state index in [-0.39, 0.29) is 24.0 Å². The Bertz CT molecular complexity index is 671. The normalized spacial score (nSPS) is 11.3. The summed E-state index contributed by atoms with van der Waals surface area (Å²) < 4.78 is 0. The number of anilines is 1. The number of halogens is 1. The lowest BCUT2D eigenvalue weighted by atomic mass is 10.1. The van der Waals surface area contributed by atoms with Gasteiger partial charge in [0.1, 0.15) is 0 Å². The molecule has 5 heteroatoms. The van der Waals surface area contributed by atoms with Crippen LogP contribution in [0.3, 0.4) is 0 Å². The van der Waals surface area contributed by atoms with Gasteiger partial charge in [-0.1, -0.05) is 36.4 Å². The highest BCUT2D eigenvalue weighted by molar-refractivity contribution is 14.0. The summed E-state index contributed by atoms with van der Waals surface area (Å²) in [7, 11) is 2.13. The Hall–Kier alpha value is -1.60. The summed E-state index contributed by atoms with van der Waals surface area (Å²) in [6, 6.07) is 16.7. The summed E-state index contributed by atoms with van der Waals surface area (Å²) in [5, 5.41) is 3.15. The van der Waals surface area contributed by atoms with Crippen molar-refractivity contribution >= 4 is 35.6 Å². The van der Waals surface area contributed by atoms with E-state index in [0.717, 1.165) is 31.7 Å². The number of hydrogen-bond donors (Lipinski definition) is 2. The van der Waals surface area contributed by atoms with Gasteiger partial charge >= 0.3 is 0 Å². The summed E-state index contributed by atoms with van der Waals surface area (Å²) in [6.07, 6.45) is 0.985. The molecule has 0 saturated carbocycles. The number of hydrogen-bond acceptors (Lipinski definition) is 2. The molecule has 0 amide bonds. The van der Waals surface area contributed by atoms with Crippen molar-refractivity contribution < 1.29 is 0 Å². The number of guanidine groups is 1. The average molecular weight is 452 g/mol. The molecule has 0 spiro atoms. The largest absolute Gasteiger partial charge is 0.370 e. The molecular weight excluding hydrogens is 423 g/mol. The number of benzene rings is 2. The van der Waals surface area contributed by atoms with Gasteiger partial charge in [0.25, 0.3) is 0 Å². The van der Waals surface area contributed by atoms with Crippen molar-refractivity contribution in [1.82, 2.24) is 4.90 Å². The highest BCUT2D eigenvalue weighted by Gasteiger charge is 2.00. The van der Waals surface area contributed by atoms with Crippen LogP contribution in [-0.4, -0.2) is 31.0 Å². The standard InChI is InChI=1S/C20H28N4.HI/c1-16-10-11-19(14-17(16)2)23-20(21)22-12-7-13-24(3)15-18-8-5-4-6-9-18;/h4-6,8-11,14H,7,12-13,15H2,1-3H3,(H3,21,22,23);1H. The molecule has 25 heavy (non-hydrogen) atoms. The molecule has 136 valence electrons. The average Bonchev–Trinajstić information content (AvgIpc) is 2.56. The molecule has 0 radical (unpaired) electrons. The first-order valence-electron chi connectivity index (χ1n) is 8.41. The predicted octanol–water partition coefficient (Wildman–Crippen LogP) is 4.17. The van der Waals surface area contributed by atoms with Crippen molar-refractivity contribution in [2.24, 2.45) is 10.7 Å². The minimum atomic E-state index is 0. The van der Waals surface area contributed by atoms with E-state index in [1.54, 1.807) is 0 Å². The molecule has 0 atom stereocenters. The van der Waals surface area contributed by atoms with Crippen LogP contribution in [-0.2, 0) is 6.54 Å². The van der Waals surface area contributed by atoms with E-state index in [2.05, 4.69) is 72.5 Å². The van der Waals surface area contributed by atoms with Crippen molar-refractivity contribution in [3.05, 3.63) is 65.2 Å². The number of nitrogens with zero attached hydrogens (tertiary/aromatic N) is 2. The number of aryl methyl sites for hydroxylation is 2. The summed E-state index contributed by atoms with van der Waals surface area (Å²) in [4.78, 5) is 6.71. The van der Waals surface area contributed by atoms with Crippen molar-refractivity contribution in [1.29, 1.82) is 0 Å². The minimum absolute atomic E-state index is 0. The van der Waals surface area contributed by atoms with E-state index in [1.807, 2.05) is 12.1 Å². The molecular formula is C20H29IN4. The van der Waals surface area contributed by atoms with Crippen molar-refractivity contribution in [3.8, 4) is 0 Å². The third kappa shape index (κ3) is 7.88. The van der Waals surface area contributed by atoms with Crippen molar-refractivity contribution in [2.75, 3.05) is 25.5 Å². The molecule has 0 heterocycles. The number of aliphatic imine (C=N–C) groups is 1. The summed E-state index contributed by atoms with van der Waals surface area (Å²) in [5.74, 6) is 0.476. The zero-order valence-electron chi connectivity index (χ0n) is 15.3. The Balaban J connectivity index is 0.00000312. The number of rotatable bonds is 7. The fourth-order valence-corrected chi connectivity index (χ4v) is 2.52. The van der Waals surface area contributed by atoms with Gasteiger partial charge in [-0.3, -0.25) is 4.99 Å². The molecule has 0 unspecified atom stereocenters. The summed E-state index contributed by atoms with van der Waals surface area (Å²) in [5.41, 5.74) is 10.8. The van der Waals surface area contributed by atoms with Gasteiger partial charge < -0.3 is 16.0 Å². The Morgan fingerprint density at radius 3 is 2.48 bits per heavy atom. The highest BCUT2D eigenvalue weighted by Crippen LogP contribution is 2.13. The van der Waals surface area contributed by atoms with E-state index in [9.17, 15) is 0 Å². The maximum Gasteiger partial charge on any atom is 0.193 e.